The molecule has 1 aliphatic rings. The molecule has 0 aromatic heterocycles. The van der Waals surface area contributed by atoms with Gasteiger partial charge < -0.3 is 0 Å². The molecule has 1 saturated carbocycles. The number of benzene rings is 1. The van der Waals surface area contributed by atoms with E-state index >= 15 is 0 Å². The second kappa shape index (κ2) is 6.61. The van der Waals surface area contributed by atoms with Gasteiger partial charge >= 0.3 is 0 Å². The smallest absolute Gasteiger partial charge is 0.0294 e. The summed E-state index contributed by atoms with van der Waals surface area (Å²) in [5.41, 5.74) is 2.87. The molecule has 0 N–H and O–H groups in total. The standard InChI is InChI=1S/C17H25Cl/c1-13(2)14-8-10-16(11-9-14)17(12-18)15-6-4-3-5-7-15/h8-11,13,15,17H,3-7,12H2,1-2H3. The minimum absolute atomic E-state index is 0.563. The lowest BCUT2D eigenvalue weighted by molar-refractivity contribution is 0.318. The van der Waals surface area contributed by atoms with Crippen LogP contribution in [0.1, 0.15) is 68.9 Å². The number of rotatable bonds is 4. The first-order valence-corrected chi connectivity index (χ1v) is 7.91. The van der Waals surface area contributed by atoms with E-state index in [9.17, 15) is 0 Å². The molecule has 0 amide bonds. The number of hydrogen-bond acceptors (Lipinski definition) is 0. The molecule has 0 saturated heterocycles. The van der Waals surface area contributed by atoms with Crippen molar-refractivity contribution in [2.24, 2.45) is 5.92 Å². The molecule has 0 radical (unpaired) electrons. The molecule has 1 atom stereocenters. The Labute approximate surface area is 117 Å². The van der Waals surface area contributed by atoms with Crippen molar-refractivity contribution in [2.45, 2.75) is 57.8 Å². The summed E-state index contributed by atoms with van der Waals surface area (Å²) in [5.74, 6) is 2.75. The zero-order valence-electron chi connectivity index (χ0n) is 11.7. The van der Waals surface area contributed by atoms with Crippen LogP contribution in [-0.2, 0) is 0 Å². The van der Waals surface area contributed by atoms with Crippen molar-refractivity contribution in [3.05, 3.63) is 35.4 Å². The van der Waals surface area contributed by atoms with Crippen LogP contribution in [0.4, 0.5) is 0 Å². The van der Waals surface area contributed by atoms with Gasteiger partial charge in [0.2, 0.25) is 0 Å². The topological polar surface area (TPSA) is 0 Å². The molecular formula is C17H25Cl. The molecule has 1 fully saturated rings. The van der Waals surface area contributed by atoms with Crippen LogP contribution in [0.2, 0.25) is 0 Å². The Kier molecular flexibility index (Phi) is 5.12. The molecular weight excluding hydrogens is 240 g/mol. The van der Waals surface area contributed by atoms with E-state index in [1.54, 1.807) is 0 Å². The second-order valence-corrected chi connectivity index (χ2v) is 6.29. The Hall–Kier alpha value is -0.490. The van der Waals surface area contributed by atoms with Gasteiger partial charge in [-0.05, 0) is 35.8 Å². The summed E-state index contributed by atoms with van der Waals surface area (Å²) < 4.78 is 0. The van der Waals surface area contributed by atoms with Crippen molar-refractivity contribution < 1.29 is 0 Å². The Morgan fingerprint density at radius 1 is 1.00 bits per heavy atom. The zero-order chi connectivity index (χ0) is 13.0. The van der Waals surface area contributed by atoms with Crippen LogP contribution >= 0.6 is 11.6 Å². The Balaban J connectivity index is 2.11. The van der Waals surface area contributed by atoms with Crippen molar-refractivity contribution in [1.29, 1.82) is 0 Å². The maximum absolute atomic E-state index is 6.24. The highest BCUT2D eigenvalue weighted by Crippen LogP contribution is 2.37. The summed E-state index contributed by atoms with van der Waals surface area (Å²) in [6.45, 7) is 4.49. The molecule has 1 aliphatic carbocycles. The van der Waals surface area contributed by atoms with Gasteiger partial charge in [0.25, 0.3) is 0 Å². The van der Waals surface area contributed by atoms with Gasteiger partial charge in [0.15, 0.2) is 0 Å². The lowest BCUT2D eigenvalue weighted by Crippen LogP contribution is -2.17. The maximum atomic E-state index is 6.24. The van der Waals surface area contributed by atoms with Gasteiger partial charge in [-0.25, -0.2) is 0 Å². The van der Waals surface area contributed by atoms with Crippen LogP contribution in [-0.4, -0.2) is 5.88 Å². The van der Waals surface area contributed by atoms with Gasteiger partial charge in [0.05, 0.1) is 0 Å². The van der Waals surface area contributed by atoms with Crippen LogP contribution in [0.5, 0.6) is 0 Å². The van der Waals surface area contributed by atoms with Crippen LogP contribution in [0.25, 0.3) is 0 Å². The average molecular weight is 265 g/mol. The van der Waals surface area contributed by atoms with Gasteiger partial charge in [-0.15, -0.1) is 11.6 Å². The third-order valence-corrected chi connectivity index (χ3v) is 4.75. The van der Waals surface area contributed by atoms with Crippen molar-refractivity contribution in [2.75, 3.05) is 5.88 Å². The summed E-state index contributed by atoms with van der Waals surface area (Å²) in [6.07, 6.45) is 6.93. The van der Waals surface area contributed by atoms with Gasteiger partial charge in [0, 0.05) is 11.8 Å². The number of hydrogen-bond donors (Lipinski definition) is 0. The Morgan fingerprint density at radius 3 is 2.06 bits per heavy atom. The number of halogens is 1. The highest BCUT2D eigenvalue weighted by molar-refractivity contribution is 6.18. The minimum Gasteiger partial charge on any atom is -0.126 e. The second-order valence-electron chi connectivity index (χ2n) is 5.98. The largest absolute Gasteiger partial charge is 0.126 e. The van der Waals surface area contributed by atoms with E-state index in [4.69, 9.17) is 11.6 Å². The molecule has 1 aromatic carbocycles. The molecule has 2 rings (SSSR count). The molecule has 0 heterocycles. The SMILES string of the molecule is CC(C)c1ccc(C(CCl)C2CCCCC2)cc1. The van der Waals surface area contributed by atoms with Crippen molar-refractivity contribution in [3.63, 3.8) is 0 Å². The monoisotopic (exact) mass is 264 g/mol. The fraction of sp³-hybridized carbons (Fsp3) is 0.647. The van der Waals surface area contributed by atoms with E-state index in [1.165, 1.54) is 43.2 Å². The summed E-state index contributed by atoms with van der Waals surface area (Å²) in [7, 11) is 0. The molecule has 1 aromatic rings. The fourth-order valence-electron chi connectivity index (χ4n) is 3.15. The van der Waals surface area contributed by atoms with Crippen molar-refractivity contribution in [1.82, 2.24) is 0 Å². The van der Waals surface area contributed by atoms with Crippen LogP contribution in [0.3, 0.4) is 0 Å². The summed E-state index contributed by atoms with van der Waals surface area (Å²) in [5, 5.41) is 0. The lowest BCUT2D eigenvalue weighted by atomic mass is 9.77. The first kappa shape index (κ1) is 13.9. The molecule has 0 nitrogen and oxygen atoms in total. The van der Waals surface area contributed by atoms with Crippen LogP contribution < -0.4 is 0 Å². The highest BCUT2D eigenvalue weighted by atomic mass is 35.5. The van der Waals surface area contributed by atoms with Crippen molar-refractivity contribution >= 4 is 11.6 Å². The predicted octanol–water partition coefficient (Wildman–Crippen LogP) is 5.71. The maximum Gasteiger partial charge on any atom is 0.0294 e. The van der Waals surface area contributed by atoms with Gasteiger partial charge in [-0.2, -0.15) is 0 Å². The quantitative estimate of drug-likeness (QED) is 0.611. The van der Waals surface area contributed by atoms with Crippen LogP contribution in [0.15, 0.2) is 24.3 Å². The van der Waals surface area contributed by atoms with Crippen LogP contribution in [0, 0.1) is 5.92 Å². The molecule has 1 unspecified atom stereocenters. The van der Waals surface area contributed by atoms with Crippen molar-refractivity contribution in [3.8, 4) is 0 Å². The number of alkyl halides is 1. The molecule has 0 aliphatic heterocycles. The third kappa shape index (κ3) is 3.29. The molecule has 100 valence electrons. The average Bonchev–Trinajstić information content (AvgIpc) is 2.41. The first-order valence-electron chi connectivity index (χ1n) is 7.38. The van der Waals surface area contributed by atoms with E-state index in [0.29, 0.717) is 11.8 Å². The molecule has 0 bridgehead atoms. The first-order chi connectivity index (χ1) is 8.72. The minimum atomic E-state index is 0.563. The van der Waals surface area contributed by atoms with Gasteiger partial charge in [-0.1, -0.05) is 57.4 Å². The van der Waals surface area contributed by atoms with E-state index in [0.717, 1.165) is 11.8 Å². The van der Waals surface area contributed by atoms with E-state index in [1.807, 2.05) is 0 Å². The summed E-state index contributed by atoms with van der Waals surface area (Å²) >= 11 is 6.24. The normalized spacial score (nSPS) is 19.1. The Morgan fingerprint density at radius 2 is 1.56 bits per heavy atom. The summed E-state index contributed by atoms with van der Waals surface area (Å²) in [4.78, 5) is 0. The molecule has 18 heavy (non-hydrogen) atoms. The Bertz CT molecular complexity index is 346. The summed E-state index contributed by atoms with van der Waals surface area (Å²) in [6, 6.07) is 9.17. The third-order valence-electron chi connectivity index (χ3n) is 4.42. The predicted molar refractivity (Wildman–Crippen MR) is 80.6 cm³/mol. The van der Waals surface area contributed by atoms with Gasteiger partial charge in [0.1, 0.15) is 0 Å². The van der Waals surface area contributed by atoms with E-state index < -0.39 is 0 Å². The molecule has 1 heteroatoms. The zero-order valence-corrected chi connectivity index (χ0v) is 12.4. The highest BCUT2D eigenvalue weighted by Gasteiger charge is 2.24. The molecule has 0 spiro atoms. The van der Waals surface area contributed by atoms with E-state index in [2.05, 4.69) is 38.1 Å². The lowest BCUT2D eigenvalue weighted by Gasteiger charge is -2.29. The van der Waals surface area contributed by atoms with Gasteiger partial charge in [-0.3, -0.25) is 0 Å². The van der Waals surface area contributed by atoms with E-state index in [-0.39, 0.29) is 0 Å². The fourth-order valence-corrected chi connectivity index (χ4v) is 3.58.